The van der Waals surface area contributed by atoms with Gasteiger partial charge in [-0.25, -0.2) is 4.79 Å². The number of nitrogens with one attached hydrogen (secondary N) is 1. The molecule has 0 aliphatic carbocycles. The van der Waals surface area contributed by atoms with Crippen molar-refractivity contribution >= 4 is 29.5 Å². The van der Waals surface area contributed by atoms with Crippen LogP contribution in [0.3, 0.4) is 0 Å². The lowest BCUT2D eigenvalue weighted by Crippen LogP contribution is -2.46. The molecule has 0 unspecified atom stereocenters. The number of urea groups is 1. The third-order valence-electron chi connectivity index (χ3n) is 5.07. The maximum absolute atomic E-state index is 12.8. The molecule has 2 saturated heterocycles. The molecule has 0 bridgehead atoms. The summed E-state index contributed by atoms with van der Waals surface area (Å²) in [5.74, 6) is 1.39. The van der Waals surface area contributed by atoms with Crippen LogP contribution in [0.1, 0.15) is 46.0 Å². The maximum atomic E-state index is 12.8. The van der Waals surface area contributed by atoms with Crippen LogP contribution in [0.5, 0.6) is 0 Å². The minimum Gasteiger partial charge on any atom is -0.322 e. The molecule has 1 spiro atoms. The number of ketones is 1. The van der Waals surface area contributed by atoms with Crippen LogP contribution < -0.4 is 5.32 Å². The fourth-order valence-electron chi connectivity index (χ4n) is 3.82. The number of rotatable bonds is 3. The molecule has 2 heterocycles. The van der Waals surface area contributed by atoms with Gasteiger partial charge in [0.2, 0.25) is 0 Å². The van der Waals surface area contributed by atoms with Gasteiger partial charge in [0.25, 0.3) is 5.91 Å². The maximum Gasteiger partial charge on any atom is 0.325 e. The van der Waals surface area contributed by atoms with Crippen molar-refractivity contribution in [1.29, 1.82) is 0 Å². The zero-order valence-electron chi connectivity index (χ0n) is 14.5. The average Bonchev–Trinajstić information content (AvgIpc) is 3.03. The number of nitrogens with zero attached hydrogens (tertiary/aromatic N) is 1. The monoisotopic (exact) mass is 346 g/mol. The highest BCUT2D eigenvalue weighted by Gasteiger charge is 2.52. The van der Waals surface area contributed by atoms with Crippen molar-refractivity contribution < 1.29 is 14.4 Å². The highest BCUT2D eigenvalue weighted by Crippen LogP contribution is 2.35. The van der Waals surface area contributed by atoms with E-state index in [-0.39, 0.29) is 24.3 Å². The largest absolute Gasteiger partial charge is 0.325 e. The Bertz CT molecular complexity index is 751. The minimum absolute atomic E-state index is 0.00659. The van der Waals surface area contributed by atoms with E-state index in [2.05, 4.69) is 5.32 Å². The van der Waals surface area contributed by atoms with Crippen LogP contribution in [-0.4, -0.2) is 39.7 Å². The van der Waals surface area contributed by atoms with Crippen LogP contribution in [0.2, 0.25) is 0 Å². The van der Waals surface area contributed by atoms with Crippen LogP contribution in [-0.2, 0) is 11.3 Å². The quantitative estimate of drug-likeness (QED) is 0.675. The third kappa shape index (κ3) is 2.53. The number of thioether (sulfide) groups is 1. The fraction of sp³-hybridized carbons (Fsp3) is 0.500. The number of aryl methyl sites for hydroxylation is 2. The summed E-state index contributed by atoms with van der Waals surface area (Å²) in [6.45, 7) is 7.53. The summed E-state index contributed by atoms with van der Waals surface area (Å²) < 4.78 is 0. The molecule has 3 rings (SSSR count). The van der Waals surface area contributed by atoms with Gasteiger partial charge in [0.1, 0.15) is 5.54 Å². The first-order valence-corrected chi connectivity index (χ1v) is 9.25. The summed E-state index contributed by atoms with van der Waals surface area (Å²) in [6, 6.07) is 1.63. The number of carbonyl (C=O) groups excluding carboxylic acids is 3. The Kier molecular flexibility index (Phi) is 4.20. The third-order valence-corrected chi connectivity index (χ3v) is 6.26. The number of imide groups is 1. The summed E-state index contributed by atoms with van der Waals surface area (Å²) in [5.41, 5.74) is 3.64. The lowest BCUT2D eigenvalue weighted by Gasteiger charge is -2.22. The van der Waals surface area contributed by atoms with Crippen molar-refractivity contribution in [2.45, 2.75) is 46.2 Å². The van der Waals surface area contributed by atoms with Crippen LogP contribution in [0.15, 0.2) is 6.07 Å². The second-order valence-electron chi connectivity index (χ2n) is 6.75. The molecule has 6 heteroatoms. The van der Waals surface area contributed by atoms with Gasteiger partial charge in [0.15, 0.2) is 5.78 Å². The molecule has 1 atom stereocenters. The lowest BCUT2D eigenvalue weighted by atomic mass is 9.91. The van der Waals surface area contributed by atoms with Gasteiger partial charge in [0, 0.05) is 11.3 Å². The van der Waals surface area contributed by atoms with E-state index in [1.165, 1.54) is 4.90 Å². The second kappa shape index (κ2) is 5.92. The first kappa shape index (κ1) is 17.0. The van der Waals surface area contributed by atoms with Crippen LogP contribution in [0.25, 0.3) is 0 Å². The van der Waals surface area contributed by atoms with Crippen molar-refractivity contribution in [2.24, 2.45) is 0 Å². The molecule has 5 nitrogen and oxygen atoms in total. The summed E-state index contributed by atoms with van der Waals surface area (Å²) >= 11 is 1.69. The Labute approximate surface area is 146 Å². The standard InChI is InChI=1S/C18H22N2O3S/c1-10-7-11(2)15(13(4)21)12(3)14(10)8-20-16(22)18(19-17(20)23)5-6-24-9-18/h7H,5-6,8-9H2,1-4H3,(H,19,23)/t18-/m0/s1. The molecular weight excluding hydrogens is 324 g/mol. The van der Waals surface area contributed by atoms with Crippen LogP contribution in [0, 0.1) is 20.8 Å². The number of benzene rings is 1. The Morgan fingerprint density at radius 1 is 1.29 bits per heavy atom. The number of Topliss-reactive ketones (excluding diaryl/α,β-unsaturated/α-hetero) is 1. The predicted molar refractivity (Wildman–Crippen MR) is 94.4 cm³/mol. The van der Waals surface area contributed by atoms with E-state index in [1.54, 1.807) is 18.7 Å². The molecule has 0 saturated carbocycles. The lowest BCUT2D eigenvalue weighted by molar-refractivity contribution is -0.130. The molecule has 1 N–H and O–H groups in total. The van der Waals surface area contributed by atoms with E-state index in [0.717, 1.165) is 28.0 Å². The van der Waals surface area contributed by atoms with Crippen molar-refractivity contribution in [3.63, 3.8) is 0 Å². The molecule has 1 aromatic carbocycles. The zero-order valence-corrected chi connectivity index (χ0v) is 15.3. The van der Waals surface area contributed by atoms with Gasteiger partial charge in [-0.15, -0.1) is 0 Å². The molecule has 128 valence electrons. The summed E-state index contributed by atoms with van der Waals surface area (Å²) in [6.07, 6.45) is 0.684. The molecule has 3 amide bonds. The summed E-state index contributed by atoms with van der Waals surface area (Å²) in [5, 5.41) is 2.89. The second-order valence-corrected chi connectivity index (χ2v) is 7.86. The first-order chi connectivity index (χ1) is 11.3. The van der Waals surface area contributed by atoms with Gasteiger partial charge in [-0.05, 0) is 62.1 Å². The number of hydrogen-bond donors (Lipinski definition) is 1. The van der Waals surface area contributed by atoms with E-state index in [9.17, 15) is 14.4 Å². The van der Waals surface area contributed by atoms with Gasteiger partial charge in [-0.2, -0.15) is 11.8 Å². The van der Waals surface area contributed by atoms with E-state index < -0.39 is 5.54 Å². The van der Waals surface area contributed by atoms with Gasteiger partial charge in [-0.3, -0.25) is 14.5 Å². The molecule has 1 aromatic rings. The Morgan fingerprint density at radius 3 is 2.58 bits per heavy atom. The molecule has 0 radical (unpaired) electrons. The topological polar surface area (TPSA) is 66.5 Å². The molecule has 0 aromatic heterocycles. The zero-order chi connectivity index (χ0) is 17.6. The van der Waals surface area contributed by atoms with Gasteiger partial charge in [-0.1, -0.05) is 6.07 Å². The Hall–Kier alpha value is -1.82. The molecule has 2 fully saturated rings. The van der Waals surface area contributed by atoms with E-state index in [0.29, 0.717) is 17.7 Å². The number of amides is 3. The fourth-order valence-corrected chi connectivity index (χ4v) is 5.15. The highest BCUT2D eigenvalue weighted by atomic mass is 32.2. The summed E-state index contributed by atoms with van der Waals surface area (Å²) in [7, 11) is 0. The van der Waals surface area contributed by atoms with E-state index in [1.807, 2.05) is 26.8 Å². The SMILES string of the molecule is CC(=O)c1c(C)cc(C)c(CN2C(=O)N[C@]3(CCSC3)C2=O)c1C. The predicted octanol–water partition coefficient (Wildman–Crippen LogP) is 2.74. The van der Waals surface area contributed by atoms with Gasteiger partial charge in [0.05, 0.1) is 6.54 Å². The van der Waals surface area contributed by atoms with Crippen molar-refractivity contribution in [1.82, 2.24) is 10.2 Å². The van der Waals surface area contributed by atoms with Crippen molar-refractivity contribution in [3.8, 4) is 0 Å². The number of carbonyl (C=O) groups is 3. The Balaban J connectivity index is 1.97. The first-order valence-electron chi connectivity index (χ1n) is 8.09. The normalized spacial score (nSPS) is 23.2. The highest BCUT2D eigenvalue weighted by molar-refractivity contribution is 7.99. The average molecular weight is 346 g/mol. The molecule has 2 aliphatic rings. The van der Waals surface area contributed by atoms with Crippen molar-refractivity contribution in [2.75, 3.05) is 11.5 Å². The Morgan fingerprint density at radius 2 is 2.00 bits per heavy atom. The summed E-state index contributed by atoms with van der Waals surface area (Å²) in [4.78, 5) is 38.5. The van der Waals surface area contributed by atoms with Crippen LogP contribution in [0.4, 0.5) is 4.79 Å². The van der Waals surface area contributed by atoms with Gasteiger partial charge < -0.3 is 5.32 Å². The van der Waals surface area contributed by atoms with Crippen molar-refractivity contribution in [3.05, 3.63) is 33.9 Å². The van der Waals surface area contributed by atoms with E-state index >= 15 is 0 Å². The smallest absolute Gasteiger partial charge is 0.322 e. The molecular formula is C18H22N2O3S. The molecule has 2 aliphatic heterocycles. The van der Waals surface area contributed by atoms with Crippen LogP contribution >= 0.6 is 11.8 Å². The van der Waals surface area contributed by atoms with Gasteiger partial charge >= 0.3 is 6.03 Å². The molecule has 24 heavy (non-hydrogen) atoms. The van der Waals surface area contributed by atoms with E-state index in [4.69, 9.17) is 0 Å². The minimum atomic E-state index is -0.725. The number of hydrogen-bond acceptors (Lipinski definition) is 4.